The maximum Gasteiger partial charge on any atom is 0.287 e. The van der Waals surface area contributed by atoms with Gasteiger partial charge in [-0.05, 0) is 24.3 Å². The molecule has 0 aliphatic heterocycles. The lowest BCUT2D eigenvalue weighted by Crippen LogP contribution is -2.29. The van der Waals surface area contributed by atoms with Gasteiger partial charge in [0.1, 0.15) is 11.7 Å². The van der Waals surface area contributed by atoms with Gasteiger partial charge in [0, 0.05) is 31.5 Å². The first kappa shape index (κ1) is 15.1. The number of carbonyl (C=O) groups excluding carboxylic acids is 1. The number of nitrogens with one attached hydrogen (secondary N) is 1. The van der Waals surface area contributed by atoms with Crippen LogP contribution in [-0.2, 0) is 7.05 Å². The smallest absolute Gasteiger partial charge is 0.287 e. The molecular formula is C17H16N2O4. The summed E-state index contributed by atoms with van der Waals surface area (Å²) in [6.45, 7) is 0.0211. The number of benzene rings is 1. The van der Waals surface area contributed by atoms with E-state index in [0.29, 0.717) is 16.7 Å². The van der Waals surface area contributed by atoms with Crippen LogP contribution >= 0.6 is 0 Å². The van der Waals surface area contributed by atoms with Crippen LogP contribution in [0, 0.1) is 0 Å². The highest BCUT2D eigenvalue weighted by Crippen LogP contribution is 2.13. The summed E-state index contributed by atoms with van der Waals surface area (Å²) in [7, 11) is 1.81. The number of carbonyl (C=O) groups is 1. The number of para-hydroxylation sites is 1. The SMILES string of the molecule is Cn1cccc1[C@H](O)CNC(=O)c1cc(=O)c2ccccc2o1. The number of fused-ring (bicyclic) bond motifs is 1. The Bertz CT molecular complexity index is 910. The fraction of sp³-hybridized carbons (Fsp3) is 0.176. The normalized spacial score (nSPS) is 12.3. The summed E-state index contributed by atoms with van der Waals surface area (Å²) < 4.78 is 7.22. The van der Waals surface area contributed by atoms with Crippen molar-refractivity contribution in [1.82, 2.24) is 9.88 Å². The first-order chi connectivity index (χ1) is 11.1. The van der Waals surface area contributed by atoms with Crippen molar-refractivity contribution in [3.05, 3.63) is 70.3 Å². The molecule has 0 saturated carbocycles. The third-order valence-corrected chi connectivity index (χ3v) is 3.64. The molecule has 3 rings (SSSR count). The lowest BCUT2D eigenvalue weighted by Gasteiger charge is -2.12. The first-order valence-corrected chi connectivity index (χ1v) is 7.16. The molecule has 2 N–H and O–H groups in total. The number of hydrogen-bond acceptors (Lipinski definition) is 4. The van der Waals surface area contributed by atoms with Gasteiger partial charge in [0.25, 0.3) is 5.91 Å². The highest BCUT2D eigenvalue weighted by atomic mass is 16.3. The number of aliphatic hydroxyl groups is 1. The van der Waals surface area contributed by atoms with Gasteiger partial charge in [-0.15, -0.1) is 0 Å². The number of nitrogens with zero attached hydrogens (tertiary/aromatic N) is 1. The summed E-state index contributed by atoms with van der Waals surface area (Å²) in [5, 5.41) is 13.1. The van der Waals surface area contributed by atoms with Crippen LogP contribution in [0.1, 0.15) is 22.4 Å². The Morgan fingerprint density at radius 1 is 1.30 bits per heavy atom. The molecule has 6 nitrogen and oxygen atoms in total. The quantitative estimate of drug-likeness (QED) is 0.766. The van der Waals surface area contributed by atoms with Crippen LogP contribution in [0.4, 0.5) is 0 Å². The Morgan fingerprint density at radius 2 is 2.09 bits per heavy atom. The van der Waals surface area contributed by atoms with Crippen molar-refractivity contribution in [2.45, 2.75) is 6.10 Å². The van der Waals surface area contributed by atoms with Crippen molar-refractivity contribution in [2.75, 3.05) is 6.54 Å². The van der Waals surface area contributed by atoms with E-state index >= 15 is 0 Å². The van der Waals surface area contributed by atoms with Crippen LogP contribution in [0.5, 0.6) is 0 Å². The Kier molecular flexibility index (Phi) is 3.99. The molecule has 0 unspecified atom stereocenters. The highest BCUT2D eigenvalue weighted by molar-refractivity contribution is 5.93. The average molecular weight is 312 g/mol. The molecule has 1 aromatic carbocycles. The molecule has 0 radical (unpaired) electrons. The molecule has 0 bridgehead atoms. The molecule has 6 heteroatoms. The zero-order valence-corrected chi connectivity index (χ0v) is 12.5. The van der Waals surface area contributed by atoms with Crippen molar-refractivity contribution >= 4 is 16.9 Å². The Labute approximate surface area is 132 Å². The van der Waals surface area contributed by atoms with Gasteiger partial charge in [-0.3, -0.25) is 9.59 Å². The Hall–Kier alpha value is -2.86. The van der Waals surface area contributed by atoms with Crippen molar-refractivity contribution in [2.24, 2.45) is 7.05 Å². The second-order valence-corrected chi connectivity index (χ2v) is 5.24. The zero-order chi connectivity index (χ0) is 16.4. The molecule has 0 saturated heterocycles. The molecule has 3 aromatic rings. The summed E-state index contributed by atoms with van der Waals surface area (Å²) in [5.41, 5.74) is 0.762. The third-order valence-electron chi connectivity index (χ3n) is 3.64. The number of rotatable bonds is 4. The van der Waals surface area contributed by atoms with E-state index in [2.05, 4.69) is 5.32 Å². The first-order valence-electron chi connectivity index (χ1n) is 7.16. The van der Waals surface area contributed by atoms with Gasteiger partial charge in [-0.2, -0.15) is 0 Å². The lowest BCUT2D eigenvalue weighted by atomic mass is 10.2. The molecule has 23 heavy (non-hydrogen) atoms. The van der Waals surface area contributed by atoms with E-state index in [4.69, 9.17) is 4.42 Å². The van der Waals surface area contributed by atoms with E-state index in [-0.39, 0.29) is 17.7 Å². The van der Waals surface area contributed by atoms with Gasteiger partial charge < -0.3 is 19.4 Å². The van der Waals surface area contributed by atoms with Gasteiger partial charge >= 0.3 is 0 Å². The fourth-order valence-electron chi connectivity index (χ4n) is 2.42. The highest BCUT2D eigenvalue weighted by Gasteiger charge is 2.15. The molecule has 0 aliphatic rings. The van der Waals surface area contributed by atoms with Crippen molar-refractivity contribution in [3.8, 4) is 0 Å². The number of amides is 1. The number of aromatic nitrogens is 1. The van der Waals surface area contributed by atoms with E-state index in [1.165, 1.54) is 0 Å². The van der Waals surface area contributed by atoms with Crippen LogP contribution in [0.3, 0.4) is 0 Å². The Balaban J connectivity index is 1.76. The van der Waals surface area contributed by atoms with Gasteiger partial charge in [-0.25, -0.2) is 0 Å². The van der Waals surface area contributed by atoms with Gasteiger partial charge in [0.05, 0.1) is 5.39 Å². The molecule has 2 aromatic heterocycles. The molecular weight excluding hydrogens is 296 g/mol. The minimum atomic E-state index is -0.842. The largest absolute Gasteiger partial charge is 0.451 e. The van der Waals surface area contributed by atoms with Gasteiger partial charge in [0.2, 0.25) is 0 Å². The van der Waals surface area contributed by atoms with Crippen LogP contribution < -0.4 is 10.7 Å². The molecule has 0 fully saturated rings. The number of aryl methyl sites for hydroxylation is 1. The standard InChI is InChI=1S/C17H16N2O4/c1-19-8-4-6-12(19)14(21)10-18-17(22)16-9-13(20)11-5-2-3-7-15(11)23-16/h2-9,14,21H,10H2,1H3,(H,18,22)/t14-/m1/s1. The molecule has 118 valence electrons. The maximum atomic E-state index is 12.1. The second-order valence-electron chi connectivity index (χ2n) is 5.24. The molecule has 0 spiro atoms. The monoisotopic (exact) mass is 312 g/mol. The van der Waals surface area contributed by atoms with Crippen molar-refractivity contribution in [1.29, 1.82) is 0 Å². The zero-order valence-electron chi connectivity index (χ0n) is 12.5. The van der Waals surface area contributed by atoms with E-state index in [9.17, 15) is 14.7 Å². The molecule has 0 aliphatic carbocycles. The fourth-order valence-corrected chi connectivity index (χ4v) is 2.42. The molecule has 1 amide bonds. The summed E-state index contributed by atoms with van der Waals surface area (Å²) in [5.74, 6) is -0.617. The van der Waals surface area contributed by atoms with E-state index in [1.54, 1.807) is 34.9 Å². The van der Waals surface area contributed by atoms with E-state index in [1.807, 2.05) is 19.3 Å². The lowest BCUT2D eigenvalue weighted by molar-refractivity contribution is 0.0885. The van der Waals surface area contributed by atoms with E-state index < -0.39 is 12.0 Å². The predicted octanol–water partition coefficient (Wildman–Crippen LogP) is 1.59. The summed E-state index contributed by atoms with van der Waals surface area (Å²) in [6.07, 6.45) is 0.967. The second kappa shape index (κ2) is 6.10. The van der Waals surface area contributed by atoms with E-state index in [0.717, 1.165) is 6.07 Å². The average Bonchev–Trinajstić information content (AvgIpc) is 2.98. The van der Waals surface area contributed by atoms with Crippen LogP contribution in [0.2, 0.25) is 0 Å². The van der Waals surface area contributed by atoms with Crippen molar-refractivity contribution < 1.29 is 14.3 Å². The minimum absolute atomic E-state index is 0.0211. The van der Waals surface area contributed by atoms with Crippen LogP contribution in [0.25, 0.3) is 11.0 Å². The summed E-state index contributed by atoms with van der Waals surface area (Å²) in [6, 6.07) is 11.5. The van der Waals surface area contributed by atoms with Crippen molar-refractivity contribution in [3.63, 3.8) is 0 Å². The van der Waals surface area contributed by atoms with Gasteiger partial charge in [0.15, 0.2) is 11.2 Å². The topological polar surface area (TPSA) is 84.5 Å². The predicted molar refractivity (Wildman–Crippen MR) is 85.2 cm³/mol. The summed E-state index contributed by atoms with van der Waals surface area (Å²) >= 11 is 0. The minimum Gasteiger partial charge on any atom is -0.451 e. The number of hydrogen-bond donors (Lipinski definition) is 2. The maximum absolute atomic E-state index is 12.1. The number of aliphatic hydroxyl groups excluding tert-OH is 1. The van der Waals surface area contributed by atoms with Crippen LogP contribution in [0.15, 0.2) is 57.9 Å². The van der Waals surface area contributed by atoms with Gasteiger partial charge in [-0.1, -0.05) is 12.1 Å². The molecule has 2 heterocycles. The summed E-state index contributed by atoms with van der Waals surface area (Å²) in [4.78, 5) is 24.1. The Morgan fingerprint density at radius 3 is 2.83 bits per heavy atom. The van der Waals surface area contributed by atoms with Crippen LogP contribution in [-0.4, -0.2) is 22.1 Å². The molecule has 1 atom stereocenters. The third kappa shape index (κ3) is 3.02.